The van der Waals surface area contributed by atoms with Gasteiger partial charge in [0.2, 0.25) is 15.9 Å². The van der Waals surface area contributed by atoms with Crippen LogP contribution in [0.2, 0.25) is 0 Å². The van der Waals surface area contributed by atoms with Gasteiger partial charge in [0.25, 0.3) is 0 Å². The summed E-state index contributed by atoms with van der Waals surface area (Å²) in [6, 6.07) is 0. The van der Waals surface area contributed by atoms with Crippen molar-refractivity contribution in [1.29, 1.82) is 0 Å². The first kappa shape index (κ1) is 14.5. The van der Waals surface area contributed by atoms with Crippen molar-refractivity contribution in [3.63, 3.8) is 0 Å². The predicted molar refractivity (Wildman–Crippen MR) is 66.5 cm³/mol. The first-order valence-electron chi connectivity index (χ1n) is 5.54. The van der Waals surface area contributed by atoms with E-state index in [1.165, 1.54) is 0 Å². The number of halogens is 1. The Morgan fingerprint density at radius 3 is 2.82 bits per heavy atom. The van der Waals surface area contributed by atoms with Crippen molar-refractivity contribution in [3.05, 3.63) is 17.8 Å². The molecule has 0 saturated carbocycles. The van der Waals surface area contributed by atoms with Crippen LogP contribution in [0.5, 0.6) is 0 Å². The maximum absolute atomic E-state index is 11.5. The van der Waals surface area contributed by atoms with E-state index in [1.54, 1.807) is 6.20 Å². The zero-order valence-corrected chi connectivity index (χ0v) is 11.4. The summed E-state index contributed by atoms with van der Waals surface area (Å²) in [4.78, 5) is 3.97. The number of aromatic nitrogens is 1. The monoisotopic (exact) mass is 280 g/mol. The largest absolute Gasteiger partial charge is 0.444 e. The SMILES string of the molecule is CCc1cnc(CNS(=O)(=O)CCCCCl)o1. The van der Waals surface area contributed by atoms with Gasteiger partial charge in [-0.3, -0.25) is 0 Å². The highest BCUT2D eigenvalue weighted by Gasteiger charge is 2.11. The van der Waals surface area contributed by atoms with Gasteiger partial charge in [0, 0.05) is 12.3 Å². The van der Waals surface area contributed by atoms with Crippen molar-refractivity contribution < 1.29 is 12.8 Å². The minimum Gasteiger partial charge on any atom is -0.444 e. The van der Waals surface area contributed by atoms with Crippen LogP contribution in [0.15, 0.2) is 10.6 Å². The Morgan fingerprint density at radius 1 is 1.47 bits per heavy atom. The highest BCUT2D eigenvalue weighted by Crippen LogP contribution is 2.04. The zero-order chi connectivity index (χ0) is 12.7. The molecule has 0 atom stereocenters. The zero-order valence-electron chi connectivity index (χ0n) is 9.78. The van der Waals surface area contributed by atoms with Crippen LogP contribution < -0.4 is 4.72 Å². The fourth-order valence-corrected chi connectivity index (χ4v) is 2.48. The van der Waals surface area contributed by atoms with E-state index in [2.05, 4.69) is 9.71 Å². The van der Waals surface area contributed by atoms with Crippen LogP contribution in [0.25, 0.3) is 0 Å². The number of sulfonamides is 1. The summed E-state index contributed by atoms with van der Waals surface area (Å²) in [6.07, 6.45) is 3.61. The Bertz CT molecular complexity index is 431. The molecule has 1 aromatic rings. The number of alkyl halides is 1. The molecule has 0 bridgehead atoms. The number of oxazole rings is 1. The fraction of sp³-hybridized carbons (Fsp3) is 0.700. The van der Waals surface area contributed by atoms with Crippen LogP contribution in [0.1, 0.15) is 31.4 Å². The minimum absolute atomic E-state index is 0.0844. The van der Waals surface area contributed by atoms with Gasteiger partial charge in [-0.25, -0.2) is 18.1 Å². The maximum Gasteiger partial charge on any atom is 0.212 e. The third-order valence-corrected chi connectivity index (χ3v) is 3.87. The Balaban J connectivity index is 2.38. The molecule has 98 valence electrons. The number of hydrogen-bond donors (Lipinski definition) is 1. The molecule has 0 radical (unpaired) electrons. The van der Waals surface area contributed by atoms with Crippen LogP contribution in [0, 0.1) is 0 Å². The molecule has 1 aromatic heterocycles. The van der Waals surface area contributed by atoms with E-state index >= 15 is 0 Å². The first-order chi connectivity index (χ1) is 8.07. The van der Waals surface area contributed by atoms with Crippen molar-refractivity contribution in [2.75, 3.05) is 11.6 Å². The average molecular weight is 281 g/mol. The van der Waals surface area contributed by atoms with Crippen molar-refractivity contribution in [2.24, 2.45) is 0 Å². The van der Waals surface area contributed by atoms with Crippen molar-refractivity contribution in [1.82, 2.24) is 9.71 Å². The van der Waals surface area contributed by atoms with E-state index < -0.39 is 10.0 Å². The molecule has 0 aliphatic heterocycles. The van der Waals surface area contributed by atoms with Crippen LogP contribution in [-0.4, -0.2) is 25.0 Å². The molecular formula is C10H17ClN2O3S. The summed E-state index contributed by atoms with van der Waals surface area (Å²) < 4.78 is 30.8. The lowest BCUT2D eigenvalue weighted by Crippen LogP contribution is -2.26. The molecule has 0 aromatic carbocycles. The minimum atomic E-state index is -3.26. The number of unbranched alkanes of at least 4 members (excludes halogenated alkanes) is 1. The molecule has 17 heavy (non-hydrogen) atoms. The van der Waals surface area contributed by atoms with Crippen molar-refractivity contribution in [3.8, 4) is 0 Å². The summed E-state index contributed by atoms with van der Waals surface area (Å²) in [5.74, 6) is 1.71. The van der Waals surface area contributed by atoms with Crippen LogP contribution >= 0.6 is 11.6 Å². The molecule has 0 saturated heterocycles. The van der Waals surface area contributed by atoms with E-state index in [9.17, 15) is 8.42 Å². The fourth-order valence-electron chi connectivity index (χ4n) is 1.22. The molecule has 7 heteroatoms. The Morgan fingerprint density at radius 2 is 2.24 bits per heavy atom. The highest BCUT2D eigenvalue weighted by molar-refractivity contribution is 7.89. The van der Waals surface area contributed by atoms with Gasteiger partial charge in [-0.1, -0.05) is 6.92 Å². The average Bonchev–Trinajstić information content (AvgIpc) is 2.75. The molecule has 1 heterocycles. The topological polar surface area (TPSA) is 72.2 Å². The summed E-state index contributed by atoms with van der Waals surface area (Å²) in [6.45, 7) is 2.05. The Kier molecular flexibility index (Phi) is 5.94. The lowest BCUT2D eigenvalue weighted by molar-refractivity contribution is 0.452. The standard InChI is InChI=1S/C10H17ClN2O3S/c1-2-9-7-12-10(16-9)8-13-17(14,15)6-4-3-5-11/h7,13H,2-6,8H2,1H3. The lowest BCUT2D eigenvalue weighted by Gasteiger charge is -2.03. The second kappa shape index (κ2) is 6.98. The number of nitrogens with zero attached hydrogens (tertiary/aromatic N) is 1. The molecule has 0 aliphatic rings. The van der Waals surface area contributed by atoms with Crippen LogP contribution in [0.3, 0.4) is 0 Å². The maximum atomic E-state index is 11.5. The first-order valence-corrected chi connectivity index (χ1v) is 7.73. The molecule has 1 rings (SSSR count). The van der Waals surface area contributed by atoms with Gasteiger partial charge in [-0.2, -0.15) is 0 Å². The molecule has 5 nitrogen and oxygen atoms in total. The highest BCUT2D eigenvalue weighted by atomic mass is 35.5. The molecule has 0 spiro atoms. The third kappa shape index (κ3) is 5.52. The third-order valence-electron chi connectivity index (χ3n) is 2.19. The predicted octanol–water partition coefficient (Wildman–Crippen LogP) is 1.68. The number of aryl methyl sites for hydroxylation is 1. The second-order valence-corrected chi connectivity index (χ2v) is 5.91. The van der Waals surface area contributed by atoms with Gasteiger partial charge in [0.15, 0.2) is 0 Å². The second-order valence-electron chi connectivity index (χ2n) is 3.61. The molecule has 0 aliphatic carbocycles. The van der Waals surface area contributed by atoms with Crippen LogP contribution in [-0.2, 0) is 23.0 Å². The number of hydrogen-bond acceptors (Lipinski definition) is 4. The Hall–Kier alpha value is -0.590. The van der Waals surface area contributed by atoms with E-state index in [-0.39, 0.29) is 12.3 Å². The van der Waals surface area contributed by atoms with Crippen LogP contribution in [0.4, 0.5) is 0 Å². The Labute approximate surface area is 107 Å². The van der Waals surface area contributed by atoms with Crippen molar-refractivity contribution in [2.45, 2.75) is 32.7 Å². The smallest absolute Gasteiger partial charge is 0.212 e. The van der Waals surface area contributed by atoms with E-state index in [4.69, 9.17) is 16.0 Å². The van der Waals surface area contributed by atoms with Gasteiger partial charge in [0.05, 0.1) is 18.5 Å². The molecule has 0 amide bonds. The molecular weight excluding hydrogens is 264 g/mol. The van der Waals surface area contributed by atoms with E-state index in [0.29, 0.717) is 24.6 Å². The van der Waals surface area contributed by atoms with Gasteiger partial charge in [-0.05, 0) is 12.8 Å². The number of nitrogens with one attached hydrogen (secondary N) is 1. The summed E-state index contributed by atoms with van der Waals surface area (Å²) in [7, 11) is -3.26. The van der Waals surface area contributed by atoms with Gasteiger partial charge in [-0.15, -0.1) is 11.6 Å². The lowest BCUT2D eigenvalue weighted by atomic mass is 10.4. The normalized spacial score (nSPS) is 11.9. The molecule has 0 fully saturated rings. The van der Waals surface area contributed by atoms with E-state index in [0.717, 1.165) is 12.2 Å². The van der Waals surface area contributed by atoms with Gasteiger partial charge >= 0.3 is 0 Å². The van der Waals surface area contributed by atoms with E-state index in [1.807, 2.05) is 6.92 Å². The van der Waals surface area contributed by atoms with Gasteiger partial charge < -0.3 is 4.42 Å². The molecule has 1 N–H and O–H groups in total. The summed E-state index contributed by atoms with van der Waals surface area (Å²) in [5, 5.41) is 0. The quantitative estimate of drug-likeness (QED) is 0.581. The van der Waals surface area contributed by atoms with Gasteiger partial charge in [0.1, 0.15) is 5.76 Å². The summed E-state index contributed by atoms with van der Waals surface area (Å²) in [5.41, 5.74) is 0. The molecule has 0 unspecified atom stereocenters. The summed E-state index contributed by atoms with van der Waals surface area (Å²) >= 11 is 5.48. The van der Waals surface area contributed by atoms with Crippen molar-refractivity contribution >= 4 is 21.6 Å². The number of rotatable bonds is 8.